The van der Waals surface area contributed by atoms with Crippen molar-refractivity contribution in [2.75, 3.05) is 38.6 Å². The zero-order valence-electron chi connectivity index (χ0n) is 17.9. The van der Waals surface area contributed by atoms with Gasteiger partial charge in [-0.1, -0.05) is 13.8 Å². The summed E-state index contributed by atoms with van der Waals surface area (Å²) < 4.78 is 5.12. The molecule has 2 amide bonds. The Labute approximate surface area is 176 Å². The second kappa shape index (κ2) is 10.7. The van der Waals surface area contributed by atoms with Crippen LogP contribution in [-0.2, 0) is 9.53 Å². The summed E-state index contributed by atoms with van der Waals surface area (Å²) in [6, 6.07) is 0.938. The molecule has 0 aromatic carbocycles. The average Bonchev–Trinajstić information content (AvgIpc) is 2.98. The Balaban J connectivity index is 2.05. The number of esters is 1. The second-order valence-corrected chi connectivity index (χ2v) is 8.50. The van der Waals surface area contributed by atoms with E-state index in [1.165, 1.54) is 7.05 Å². The number of amides is 2. The number of hydrogen-bond donors (Lipinski definition) is 3. The fourth-order valence-corrected chi connectivity index (χ4v) is 4.64. The number of nitrogens with one attached hydrogen (secondary N) is 3. The van der Waals surface area contributed by atoms with Crippen LogP contribution in [0.15, 0.2) is 0 Å². The van der Waals surface area contributed by atoms with Gasteiger partial charge in [-0.3, -0.25) is 14.5 Å². The van der Waals surface area contributed by atoms with Gasteiger partial charge < -0.3 is 20.7 Å². The number of nitrogens with zero attached hydrogens (tertiary/aromatic N) is 1. The summed E-state index contributed by atoms with van der Waals surface area (Å²) >= 11 is 1.10. The minimum absolute atomic E-state index is 0.199. The first-order valence-corrected chi connectivity index (χ1v) is 10.9. The van der Waals surface area contributed by atoms with Gasteiger partial charge in [0, 0.05) is 32.2 Å². The van der Waals surface area contributed by atoms with E-state index in [1.807, 2.05) is 0 Å². The van der Waals surface area contributed by atoms with Gasteiger partial charge in [0.1, 0.15) is 5.00 Å². The molecule has 2 rings (SSSR count). The molecule has 1 aliphatic heterocycles. The number of thiophene rings is 1. The molecule has 0 atom stereocenters. The van der Waals surface area contributed by atoms with E-state index in [0.29, 0.717) is 27.5 Å². The molecular weight excluding hydrogens is 392 g/mol. The molecule has 0 radical (unpaired) electrons. The summed E-state index contributed by atoms with van der Waals surface area (Å²) in [6.45, 7) is 9.84. The molecule has 1 fully saturated rings. The van der Waals surface area contributed by atoms with Crippen LogP contribution in [0.25, 0.3) is 0 Å². The monoisotopic (exact) mass is 424 g/mol. The maximum Gasteiger partial charge on any atom is 0.341 e. The molecule has 3 N–H and O–H groups in total. The van der Waals surface area contributed by atoms with Gasteiger partial charge >= 0.3 is 5.97 Å². The smallest absolute Gasteiger partial charge is 0.341 e. The topological polar surface area (TPSA) is 99.8 Å². The summed E-state index contributed by atoms with van der Waals surface area (Å²) in [5.41, 5.74) is 0.771. The lowest BCUT2D eigenvalue weighted by molar-refractivity contribution is -0.117. The highest BCUT2D eigenvalue weighted by Gasteiger charge is 2.27. The maximum atomic E-state index is 12.6. The molecule has 1 aromatic rings. The van der Waals surface area contributed by atoms with Crippen LogP contribution < -0.4 is 16.0 Å². The van der Waals surface area contributed by atoms with E-state index in [-0.39, 0.29) is 30.5 Å². The molecule has 1 saturated heterocycles. The predicted octanol–water partition coefficient (Wildman–Crippen LogP) is 1.99. The summed E-state index contributed by atoms with van der Waals surface area (Å²) in [5, 5.41) is 9.28. The quantitative estimate of drug-likeness (QED) is 0.552. The van der Waals surface area contributed by atoms with Gasteiger partial charge in [0.15, 0.2) is 0 Å². The van der Waals surface area contributed by atoms with Gasteiger partial charge in [-0.05, 0) is 32.3 Å². The normalized spacial score (nSPS) is 15.4. The summed E-state index contributed by atoms with van der Waals surface area (Å²) in [4.78, 5) is 39.6. The third-order valence-corrected chi connectivity index (χ3v) is 6.04. The van der Waals surface area contributed by atoms with E-state index in [4.69, 9.17) is 4.74 Å². The standard InChI is InChI=1S/C20H32N4O4S/c1-6-28-20(27)16-13(4)17(18(26)21-5)29-19(16)23-15(25)11-24-9-7-14(8-10-24)22-12(2)3/h12,14,22H,6-11H2,1-5H3,(H,21,26)(H,23,25). The largest absolute Gasteiger partial charge is 0.462 e. The van der Waals surface area contributed by atoms with Crippen molar-refractivity contribution in [3.63, 3.8) is 0 Å². The number of hydrogen-bond acceptors (Lipinski definition) is 7. The van der Waals surface area contributed by atoms with Crippen LogP contribution in [0.5, 0.6) is 0 Å². The first-order chi connectivity index (χ1) is 13.8. The van der Waals surface area contributed by atoms with E-state index in [9.17, 15) is 14.4 Å². The number of ether oxygens (including phenoxy) is 1. The van der Waals surface area contributed by atoms with Crippen LogP contribution in [0, 0.1) is 6.92 Å². The molecule has 0 bridgehead atoms. The fourth-order valence-electron chi connectivity index (χ4n) is 3.48. The molecular formula is C20H32N4O4S. The Morgan fingerprint density at radius 2 is 1.90 bits per heavy atom. The number of anilines is 1. The Morgan fingerprint density at radius 1 is 1.24 bits per heavy atom. The van der Waals surface area contributed by atoms with Crippen LogP contribution >= 0.6 is 11.3 Å². The molecule has 2 heterocycles. The van der Waals surface area contributed by atoms with Crippen molar-refractivity contribution in [1.29, 1.82) is 0 Å². The minimum Gasteiger partial charge on any atom is -0.462 e. The lowest BCUT2D eigenvalue weighted by atomic mass is 10.0. The molecule has 29 heavy (non-hydrogen) atoms. The van der Waals surface area contributed by atoms with Crippen LogP contribution in [0.3, 0.4) is 0 Å². The van der Waals surface area contributed by atoms with Crippen molar-refractivity contribution in [3.8, 4) is 0 Å². The van der Waals surface area contributed by atoms with Gasteiger partial charge in [0.2, 0.25) is 5.91 Å². The van der Waals surface area contributed by atoms with Gasteiger partial charge in [-0.25, -0.2) is 4.79 Å². The molecule has 0 unspecified atom stereocenters. The molecule has 8 nitrogen and oxygen atoms in total. The molecule has 9 heteroatoms. The Hall–Kier alpha value is -1.97. The Kier molecular flexibility index (Phi) is 8.60. The number of rotatable bonds is 8. The van der Waals surface area contributed by atoms with Crippen molar-refractivity contribution in [3.05, 3.63) is 16.0 Å². The predicted molar refractivity (Wildman–Crippen MR) is 115 cm³/mol. The van der Waals surface area contributed by atoms with E-state index < -0.39 is 5.97 Å². The van der Waals surface area contributed by atoms with E-state index in [0.717, 1.165) is 37.3 Å². The number of carbonyl (C=O) groups excluding carboxylic acids is 3. The number of carbonyl (C=O) groups is 3. The average molecular weight is 425 g/mol. The summed E-state index contributed by atoms with van der Waals surface area (Å²) in [7, 11) is 1.53. The van der Waals surface area contributed by atoms with Crippen molar-refractivity contribution >= 4 is 34.1 Å². The lowest BCUT2D eigenvalue weighted by Gasteiger charge is -2.32. The fraction of sp³-hybridized carbons (Fsp3) is 0.650. The van der Waals surface area contributed by atoms with Crippen molar-refractivity contribution in [2.24, 2.45) is 0 Å². The zero-order valence-corrected chi connectivity index (χ0v) is 18.7. The molecule has 0 aliphatic carbocycles. The van der Waals surface area contributed by atoms with Gasteiger partial charge in [-0.15, -0.1) is 11.3 Å². The maximum absolute atomic E-state index is 12.6. The minimum atomic E-state index is -0.535. The highest BCUT2D eigenvalue weighted by molar-refractivity contribution is 7.18. The van der Waals surface area contributed by atoms with Crippen LogP contribution in [-0.4, -0.2) is 68.1 Å². The first-order valence-electron chi connectivity index (χ1n) is 10.1. The summed E-state index contributed by atoms with van der Waals surface area (Å²) in [6.07, 6.45) is 2.00. The molecule has 162 valence electrons. The van der Waals surface area contributed by atoms with Crippen molar-refractivity contribution < 1.29 is 19.1 Å². The molecule has 0 spiro atoms. The van der Waals surface area contributed by atoms with Crippen LogP contribution in [0.4, 0.5) is 5.00 Å². The SMILES string of the molecule is CCOC(=O)c1c(NC(=O)CN2CCC(NC(C)C)CC2)sc(C(=O)NC)c1C. The number of piperidine rings is 1. The van der Waals surface area contributed by atoms with Gasteiger partial charge in [0.25, 0.3) is 5.91 Å². The van der Waals surface area contributed by atoms with Crippen molar-refractivity contribution in [2.45, 2.75) is 52.6 Å². The zero-order chi connectivity index (χ0) is 21.6. The first kappa shape index (κ1) is 23.3. The molecule has 1 aliphatic rings. The highest BCUT2D eigenvalue weighted by atomic mass is 32.1. The summed E-state index contributed by atoms with van der Waals surface area (Å²) in [5.74, 6) is -1.03. The van der Waals surface area contributed by atoms with Crippen molar-refractivity contribution in [1.82, 2.24) is 15.5 Å². The Bertz CT molecular complexity index is 739. The van der Waals surface area contributed by atoms with Crippen LogP contribution in [0.2, 0.25) is 0 Å². The van der Waals surface area contributed by atoms with Gasteiger partial charge in [-0.2, -0.15) is 0 Å². The molecule has 1 aromatic heterocycles. The van der Waals surface area contributed by atoms with E-state index in [1.54, 1.807) is 13.8 Å². The third-order valence-electron chi connectivity index (χ3n) is 4.84. The lowest BCUT2D eigenvalue weighted by Crippen LogP contribution is -2.46. The molecule has 0 saturated carbocycles. The van der Waals surface area contributed by atoms with Crippen LogP contribution in [0.1, 0.15) is 59.2 Å². The third kappa shape index (κ3) is 6.25. The second-order valence-electron chi connectivity index (χ2n) is 7.48. The van der Waals surface area contributed by atoms with E-state index >= 15 is 0 Å². The number of likely N-dealkylation sites (tertiary alicyclic amines) is 1. The Morgan fingerprint density at radius 3 is 2.45 bits per heavy atom. The van der Waals surface area contributed by atoms with E-state index in [2.05, 4.69) is 34.7 Å². The highest BCUT2D eigenvalue weighted by Crippen LogP contribution is 2.33. The van der Waals surface area contributed by atoms with Gasteiger partial charge in [0.05, 0.1) is 23.6 Å².